The van der Waals surface area contributed by atoms with Gasteiger partial charge in [-0.2, -0.15) is 16.6 Å². The van der Waals surface area contributed by atoms with Crippen LogP contribution in [0, 0.1) is 11.3 Å². The lowest BCUT2D eigenvalue weighted by Gasteiger charge is -2.36. The Morgan fingerprint density at radius 1 is 1.48 bits per heavy atom. The van der Waals surface area contributed by atoms with Gasteiger partial charge in [0.25, 0.3) is 0 Å². The molecule has 11 heteroatoms. The van der Waals surface area contributed by atoms with Crippen molar-refractivity contribution in [3.05, 3.63) is 22.4 Å². The molecule has 0 aliphatic rings. The zero-order valence-electron chi connectivity index (χ0n) is 10.8. The summed E-state index contributed by atoms with van der Waals surface area (Å²) in [5.74, 6) is 0. The SMILES string of the molecule is CC(C#N)(c1ccsc1)N(SC(Cl)(Cl)C(Cl)Cl)S(C)(=O)=O. The van der Waals surface area contributed by atoms with Crippen molar-refractivity contribution in [1.82, 2.24) is 3.71 Å². The summed E-state index contributed by atoms with van der Waals surface area (Å²) in [6.07, 6.45) is 0.948. The summed E-state index contributed by atoms with van der Waals surface area (Å²) in [5, 5.41) is 12.9. The lowest BCUT2D eigenvalue weighted by Crippen LogP contribution is -2.44. The quantitative estimate of drug-likeness (QED) is 0.500. The topological polar surface area (TPSA) is 61.2 Å². The molecule has 1 rings (SSSR count). The van der Waals surface area contributed by atoms with Gasteiger partial charge in [-0.05, 0) is 41.3 Å². The monoisotopic (exact) mass is 426 g/mol. The number of halogens is 4. The first-order valence-corrected chi connectivity index (χ1v) is 10.4. The molecule has 0 amide bonds. The van der Waals surface area contributed by atoms with Gasteiger partial charge in [0.05, 0.1) is 12.3 Å². The third-order valence-electron chi connectivity index (χ3n) is 2.43. The second-order valence-corrected chi connectivity index (χ2v) is 11.1. The number of alkyl halides is 4. The Morgan fingerprint density at radius 2 is 2.05 bits per heavy atom. The van der Waals surface area contributed by atoms with Crippen molar-refractivity contribution in [3.63, 3.8) is 0 Å². The molecule has 1 aromatic rings. The van der Waals surface area contributed by atoms with Crippen LogP contribution in [0.25, 0.3) is 0 Å². The highest BCUT2D eigenvalue weighted by atomic mass is 35.5. The molecule has 1 unspecified atom stereocenters. The van der Waals surface area contributed by atoms with Crippen LogP contribution in [0.1, 0.15) is 12.5 Å². The standard InChI is InChI=1S/C10H10Cl4N2O2S3/c1-9(6-15,7-3-4-19-5-7)16(21(2,17)18)20-10(13,14)8(11)12/h3-5,8H,1-2H3. The van der Waals surface area contributed by atoms with Crippen LogP contribution in [0.4, 0.5) is 0 Å². The smallest absolute Gasteiger partial charge is 0.212 e. The van der Waals surface area contributed by atoms with Crippen molar-refractivity contribution in [2.24, 2.45) is 0 Å². The summed E-state index contributed by atoms with van der Waals surface area (Å²) < 4.78 is 23.2. The molecule has 0 bridgehead atoms. The van der Waals surface area contributed by atoms with Crippen molar-refractivity contribution in [2.75, 3.05) is 6.26 Å². The highest BCUT2D eigenvalue weighted by Crippen LogP contribution is 2.49. The molecule has 0 aromatic carbocycles. The van der Waals surface area contributed by atoms with E-state index < -0.39 is 24.1 Å². The second kappa shape index (κ2) is 7.02. The normalized spacial score (nSPS) is 16.0. The van der Waals surface area contributed by atoms with Gasteiger partial charge in [0.1, 0.15) is 0 Å². The van der Waals surface area contributed by atoms with Crippen molar-refractivity contribution >= 4 is 79.7 Å². The van der Waals surface area contributed by atoms with E-state index in [-0.39, 0.29) is 0 Å². The van der Waals surface area contributed by atoms with E-state index in [0.29, 0.717) is 17.5 Å². The molecule has 0 saturated carbocycles. The fraction of sp³-hybridized carbons (Fsp3) is 0.500. The Hall–Kier alpha value is 0.610. The fourth-order valence-corrected chi connectivity index (χ4v) is 5.38. The maximum absolute atomic E-state index is 12.1. The van der Waals surface area contributed by atoms with Gasteiger partial charge in [-0.15, -0.1) is 26.9 Å². The number of rotatable bonds is 6. The van der Waals surface area contributed by atoms with Crippen LogP contribution in [0.5, 0.6) is 0 Å². The first kappa shape index (κ1) is 19.7. The summed E-state index contributed by atoms with van der Waals surface area (Å²) >= 11 is 25.0. The van der Waals surface area contributed by atoms with Crippen LogP contribution in [0.3, 0.4) is 0 Å². The van der Waals surface area contributed by atoms with Gasteiger partial charge < -0.3 is 0 Å². The number of hydrogen-bond donors (Lipinski definition) is 0. The number of hydrogen-bond acceptors (Lipinski definition) is 5. The minimum Gasteiger partial charge on any atom is -0.212 e. The van der Waals surface area contributed by atoms with Crippen LogP contribution in [0.2, 0.25) is 0 Å². The zero-order chi connectivity index (χ0) is 16.5. The van der Waals surface area contributed by atoms with E-state index in [1.54, 1.807) is 16.8 Å². The molecular weight excluding hydrogens is 418 g/mol. The first-order chi connectivity index (χ1) is 9.45. The molecular formula is C10H10Cl4N2O2S3. The summed E-state index contributed by atoms with van der Waals surface area (Å²) in [5.41, 5.74) is -1.01. The lowest BCUT2D eigenvalue weighted by molar-refractivity contribution is 0.415. The third kappa shape index (κ3) is 4.55. The van der Waals surface area contributed by atoms with Crippen LogP contribution < -0.4 is 0 Å². The molecule has 0 aliphatic heterocycles. The lowest BCUT2D eigenvalue weighted by atomic mass is 9.98. The molecule has 118 valence electrons. The second-order valence-electron chi connectivity index (χ2n) is 4.14. The summed E-state index contributed by atoms with van der Waals surface area (Å²) in [7, 11) is -3.84. The molecule has 1 atom stereocenters. The van der Waals surface area contributed by atoms with Gasteiger partial charge in [-0.3, -0.25) is 0 Å². The minimum atomic E-state index is -3.84. The van der Waals surface area contributed by atoms with Crippen molar-refractivity contribution in [1.29, 1.82) is 5.26 Å². The van der Waals surface area contributed by atoms with Gasteiger partial charge in [-0.1, -0.05) is 23.2 Å². The Morgan fingerprint density at radius 3 is 2.38 bits per heavy atom. The Balaban J connectivity index is 3.36. The van der Waals surface area contributed by atoms with Crippen molar-refractivity contribution in [2.45, 2.75) is 21.0 Å². The van der Waals surface area contributed by atoms with E-state index in [2.05, 4.69) is 0 Å². The van der Waals surface area contributed by atoms with Crippen molar-refractivity contribution < 1.29 is 8.42 Å². The third-order valence-corrected chi connectivity index (χ3v) is 8.33. The highest BCUT2D eigenvalue weighted by molar-refractivity contribution is 8.10. The van der Waals surface area contributed by atoms with Gasteiger partial charge in [-0.25, -0.2) is 8.42 Å². The summed E-state index contributed by atoms with van der Waals surface area (Å²) in [6.45, 7) is 1.45. The van der Waals surface area contributed by atoms with E-state index in [1.807, 2.05) is 6.07 Å². The van der Waals surface area contributed by atoms with E-state index in [9.17, 15) is 13.7 Å². The summed E-state index contributed by atoms with van der Waals surface area (Å²) in [4.78, 5) is -1.26. The molecule has 0 radical (unpaired) electrons. The van der Waals surface area contributed by atoms with Crippen LogP contribution in [0.15, 0.2) is 16.8 Å². The highest BCUT2D eigenvalue weighted by Gasteiger charge is 2.47. The zero-order valence-corrected chi connectivity index (χ0v) is 16.2. The van der Waals surface area contributed by atoms with Gasteiger partial charge in [0.15, 0.2) is 10.4 Å². The average molecular weight is 428 g/mol. The molecule has 0 spiro atoms. The van der Waals surface area contributed by atoms with Crippen LogP contribution in [-0.2, 0) is 15.6 Å². The van der Waals surface area contributed by atoms with Crippen molar-refractivity contribution in [3.8, 4) is 6.07 Å². The van der Waals surface area contributed by atoms with Crippen LogP contribution >= 0.6 is 69.7 Å². The number of thiophene rings is 1. The molecule has 0 aliphatic carbocycles. The van der Waals surface area contributed by atoms with E-state index >= 15 is 0 Å². The largest absolute Gasteiger partial charge is 0.222 e. The predicted octanol–water partition coefficient (Wildman–Crippen LogP) is 4.33. The molecule has 21 heavy (non-hydrogen) atoms. The number of sulfonamides is 1. The predicted molar refractivity (Wildman–Crippen MR) is 91.5 cm³/mol. The number of nitriles is 1. The summed E-state index contributed by atoms with van der Waals surface area (Å²) in [6, 6.07) is 3.63. The van der Waals surface area contributed by atoms with E-state index in [1.165, 1.54) is 18.3 Å². The van der Waals surface area contributed by atoms with Crippen LogP contribution in [-0.4, -0.2) is 26.9 Å². The molecule has 0 saturated heterocycles. The Labute approximate surface area is 152 Å². The Kier molecular flexibility index (Phi) is 6.57. The van der Waals surface area contributed by atoms with Gasteiger partial charge >= 0.3 is 0 Å². The molecule has 0 fully saturated rings. The maximum Gasteiger partial charge on any atom is 0.222 e. The molecule has 4 nitrogen and oxygen atoms in total. The molecule has 0 N–H and O–H groups in total. The fourth-order valence-electron chi connectivity index (χ4n) is 1.39. The van der Waals surface area contributed by atoms with Gasteiger partial charge in [0, 0.05) is 0 Å². The maximum atomic E-state index is 12.1. The first-order valence-electron chi connectivity index (χ1n) is 5.24. The molecule has 1 heterocycles. The number of nitrogens with zero attached hydrogens (tertiary/aromatic N) is 2. The molecule has 1 aromatic heterocycles. The minimum absolute atomic E-state index is 0.486. The van der Waals surface area contributed by atoms with E-state index in [4.69, 9.17) is 46.4 Å². The average Bonchev–Trinajstić information content (AvgIpc) is 2.88. The van der Waals surface area contributed by atoms with E-state index in [0.717, 1.165) is 9.97 Å². The van der Waals surface area contributed by atoms with Gasteiger partial charge in [0.2, 0.25) is 13.7 Å². The Bertz CT molecular complexity index is 627.